The van der Waals surface area contributed by atoms with Crippen LogP contribution >= 0.6 is 0 Å². The van der Waals surface area contributed by atoms with Crippen molar-refractivity contribution in [3.05, 3.63) is 48.5 Å². The number of benzene rings is 2. The van der Waals surface area contributed by atoms with Gasteiger partial charge in [0.05, 0.1) is 11.4 Å². The Hall–Kier alpha value is -2.16. The maximum atomic E-state index is 6.41. The second kappa shape index (κ2) is 7.40. The molecule has 3 rings (SSSR count). The first-order chi connectivity index (χ1) is 11.3. The zero-order valence-corrected chi connectivity index (χ0v) is 14.0. The van der Waals surface area contributed by atoms with Crippen LogP contribution in [0.2, 0.25) is 0 Å². The minimum absolute atomic E-state index is 0.859. The Kier molecular flexibility index (Phi) is 5.06. The van der Waals surface area contributed by atoms with Crippen molar-refractivity contribution in [2.24, 2.45) is 0 Å². The maximum Gasteiger partial charge on any atom is 0.0645 e. The van der Waals surface area contributed by atoms with Crippen molar-refractivity contribution in [2.75, 3.05) is 35.2 Å². The molecule has 1 saturated heterocycles. The van der Waals surface area contributed by atoms with Crippen molar-refractivity contribution in [3.63, 3.8) is 0 Å². The van der Waals surface area contributed by atoms with Crippen LogP contribution in [0, 0.1) is 0 Å². The summed E-state index contributed by atoms with van der Waals surface area (Å²) in [6.07, 6.45) is 5.27. The van der Waals surface area contributed by atoms with E-state index in [1.807, 2.05) is 6.07 Å². The number of para-hydroxylation sites is 1. The van der Waals surface area contributed by atoms with E-state index < -0.39 is 0 Å². The molecule has 2 aromatic carbocycles. The molecule has 2 N–H and O–H groups in total. The molecule has 23 heavy (non-hydrogen) atoms. The number of nitrogen functional groups attached to an aromatic ring is 1. The Morgan fingerprint density at radius 1 is 0.957 bits per heavy atom. The topological polar surface area (TPSA) is 32.5 Å². The summed E-state index contributed by atoms with van der Waals surface area (Å²) in [6, 6.07) is 17.0. The molecule has 1 fully saturated rings. The summed E-state index contributed by atoms with van der Waals surface area (Å²) in [5.41, 5.74) is 10.8. The lowest BCUT2D eigenvalue weighted by Crippen LogP contribution is -2.24. The molecule has 0 spiro atoms. The molecule has 0 saturated carbocycles. The van der Waals surface area contributed by atoms with Gasteiger partial charge in [-0.25, -0.2) is 0 Å². The van der Waals surface area contributed by atoms with Gasteiger partial charge in [-0.3, -0.25) is 0 Å². The van der Waals surface area contributed by atoms with Gasteiger partial charge in [0.25, 0.3) is 0 Å². The van der Waals surface area contributed by atoms with Gasteiger partial charge in [-0.2, -0.15) is 0 Å². The van der Waals surface area contributed by atoms with Gasteiger partial charge in [0.1, 0.15) is 0 Å². The van der Waals surface area contributed by atoms with Crippen LogP contribution in [-0.2, 0) is 0 Å². The fraction of sp³-hybridized carbons (Fsp3) is 0.400. The molecule has 0 unspecified atom stereocenters. The van der Waals surface area contributed by atoms with Gasteiger partial charge in [0.2, 0.25) is 0 Å². The summed E-state index contributed by atoms with van der Waals surface area (Å²) in [4.78, 5) is 4.74. The average molecular weight is 309 g/mol. The highest BCUT2D eigenvalue weighted by Gasteiger charge is 2.14. The quantitative estimate of drug-likeness (QED) is 0.823. The largest absolute Gasteiger partial charge is 0.397 e. The second-order valence-corrected chi connectivity index (χ2v) is 6.22. The van der Waals surface area contributed by atoms with E-state index in [0.29, 0.717) is 0 Å². The van der Waals surface area contributed by atoms with Gasteiger partial charge in [-0.15, -0.1) is 0 Å². The monoisotopic (exact) mass is 309 g/mol. The minimum atomic E-state index is 0.859. The van der Waals surface area contributed by atoms with Crippen LogP contribution in [0.15, 0.2) is 48.5 Å². The Morgan fingerprint density at radius 3 is 2.26 bits per heavy atom. The van der Waals surface area contributed by atoms with E-state index in [1.54, 1.807) is 0 Å². The molecule has 0 amide bonds. The number of nitrogens with two attached hydrogens (primary N) is 1. The minimum Gasteiger partial charge on any atom is -0.397 e. The predicted octanol–water partition coefficient (Wildman–Crippen LogP) is 4.81. The molecule has 1 aliphatic heterocycles. The van der Waals surface area contributed by atoms with Gasteiger partial charge < -0.3 is 15.5 Å². The van der Waals surface area contributed by atoms with Gasteiger partial charge in [-0.05, 0) is 50.1 Å². The number of nitrogens with zero attached hydrogens (tertiary/aromatic N) is 2. The predicted molar refractivity (Wildman–Crippen MR) is 101 cm³/mol. The Bertz CT molecular complexity index is 616. The van der Waals surface area contributed by atoms with E-state index in [1.165, 1.54) is 37.1 Å². The van der Waals surface area contributed by atoms with Crippen LogP contribution in [0.3, 0.4) is 0 Å². The summed E-state index contributed by atoms with van der Waals surface area (Å²) in [5, 5.41) is 0. The molecule has 0 aromatic heterocycles. The molecule has 0 radical (unpaired) electrons. The lowest BCUT2D eigenvalue weighted by atomic mass is 10.1. The summed E-state index contributed by atoms with van der Waals surface area (Å²) in [6.45, 7) is 5.36. The highest BCUT2D eigenvalue weighted by Crippen LogP contribution is 2.33. The van der Waals surface area contributed by atoms with Crippen molar-refractivity contribution in [1.82, 2.24) is 0 Å². The third-order valence-corrected chi connectivity index (χ3v) is 4.66. The third kappa shape index (κ3) is 3.61. The van der Waals surface area contributed by atoms with Crippen molar-refractivity contribution < 1.29 is 0 Å². The van der Waals surface area contributed by atoms with Crippen LogP contribution in [0.5, 0.6) is 0 Å². The van der Waals surface area contributed by atoms with Crippen molar-refractivity contribution >= 4 is 22.7 Å². The van der Waals surface area contributed by atoms with Crippen LogP contribution in [-0.4, -0.2) is 19.6 Å². The van der Waals surface area contributed by atoms with Crippen molar-refractivity contribution in [1.29, 1.82) is 0 Å². The molecule has 3 heteroatoms. The van der Waals surface area contributed by atoms with Crippen LogP contribution in [0.25, 0.3) is 0 Å². The molecular formula is C20H27N3. The smallest absolute Gasteiger partial charge is 0.0645 e. The van der Waals surface area contributed by atoms with E-state index in [4.69, 9.17) is 5.73 Å². The standard InChI is InChI=1S/C20H27N3/c1-2-23(17-10-6-5-7-11-17)20-13-12-18(16-19(20)21)22-14-8-3-4-9-15-22/h5-7,10-13,16H,2-4,8-9,14-15,21H2,1H3. The van der Waals surface area contributed by atoms with Gasteiger partial charge in [-0.1, -0.05) is 31.0 Å². The molecule has 1 heterocycles. The maximum absolute atomic E-state index is 6.41. The number of hydrogen-bond acceptors (Lipinski definition) is 3. The first-order valence-corrected chi connectivity index (χ1v) is 8.76. The van der Waals surface area contributed by atoms with Gasteiger partial charge in [0, 0.05) is 31.0 Å². The summed E-state index contributed by atoms with van der Waals surface area (Å²) in [5.74, 6) is 0. The van der Waals surface area contributed by atoms with E-state index in [0.717, 1.165) is 31.0 Å². The first kappa shape index (κ1) is 15.7. The summed E-state index contributed by atoms with van der Waals surface area (Å²) in [7, 11) is 0. The summed E-state index contributed by atoms with van der Waals surface area (Å²) < 4.78 is 0. The molecule has 2 aromatic rings. The molecule has 0 bridgehead atoms. The molecule has 1 aliphatic rings. The highest BCUT2D eigenvalue weighted by atomic mass is 15.1. The molecule has 3 nitrogen and oxygen atoms in total. The molecular weight excluding hydrogens is 282 g/mol. The van der Waals surface area contributed by atoms with Crippen molar-refractivity contribution in [2.45, 2.75) is 32.6 Å². The lowest BCUT2D eigenvalue weighted by molar-refractivity contribution is 0.726. The average Bonchev–Trinajstić information content (AvgIpc) is 2.87. The molecule has 0 aliphatic carbocycles. The van der Waals surface area contributed by atoms with E-state index in [-0.39, 0.29) is 0 Å². The van der Waals surface area contributed by atoms with E-state index in [2.05, 4.69) is 59.2 Å². The van der Waals surface area contributed by atoms with Gasteiger partial charge in [0.15, 0.2) is 0 Å². The number of hydrogen-bond donors (Lipinski definition) is 1. The first-order valence-electron chi connectivity index (χ1n) is 8.76. The van der Waals surface area contributed by atoms with E-state index >= 15 is 0 Å². The Balaban J connectivity index is 1.86. The Morgan fingerprint density at radius 2 is 1.65 bits per heavy atom. The van der Waals surface area contributed by atoms with Crippen molar-refractivity contribution in [3.8, 4) is 0 Å². The van der Waals surface area contributed by atoms with Crippen LogP contribution in [0.1, 0.15) is 32.6 Å². The van der Waals surface area contributed by atoms with Crippen LogP contribution < -0.4 is 15.5 Å². The number of rotatable bonds is 4. The fourth-order valence-corrected chi connectivity index (χ4v) is 3.41. The second-order valence-electron chi connectivity index (χ2n) is 6.22. The summed E-state index contributed by atoms with van der Waals surface area (Å²) >= 11 is 0. The third-order valence-electron chi connectivity index (χ3n) is 4.66. The normalized spacial score (nSPS) is 15.3. The Labute approximate surface area is 139 Å². The number of anilines is 4. The zero-order valence-electron chi connectivity index (χ0n) is 14.0. The zero-order chi connectivity index (χ0) is 16.1. The SMILES string of the molecule is CCN(c1ccccc1)c1ccc(N2CCCCCC2)cc1N. The van der Waals surface area contributed by atoms with Gasteiger partial charge >= 0.3 is 0 Å². The molecule has 0 atom stereocenters. The lowest BCUT2D eigenvalue weighted by Gasteiger charge is -2.27. The van der Waals surface area contributed by atoms with E-state index in [9.17, 15) is 0 Å². The fourth-order valence-electron chi connectivity index (χ4n) is 3.41. The highest BCUT2D eigenvalue weighted by molar-refractivity contribution is 5.78. The van der Waals surface area contributed by atoms with Crippen LogP contribution in [0.4, 0.5) is 22.7 Å². The molecule has 122 valence electrons.